The molecule has 0 aromatic carbocycles. The molecule has 0 bridgehead atoms. The third-order valence-corrected chi connectivity index (χ3v) is 1.60. The van der Waals surface area contributed by atoms with Gasteiger partial charge < -0.3 is 0 Å². The lowest BCUT2D eigenvalue weighted by molar-refractivity contribution is 0.708. The Bertz CT molecular complexity index is 260. The zero-order chi connectivity index (χ0) is 8.27. The van der Waals surface area contributed by atoms with Gasteiger partial charge in [-0.25, -0.2) is 4.68 Å². The van der Waals surface area contributed by atoms with Crippen LogP contribution < -0.4 is 0 Å². The first-order valence-corrected chi connectivity index (χ1v) is 3.80. The van der Waals surface area contributed by atoms with Crippen molar-refractivity contribution in [3.05, 3.63) is 17.5 Å². The summed E-state index contributed by atoms with van der Waals surface area (Å²) in [5, 5.41) is 7.94. The molecule has 0 saturated heterocycles. The van der Waals surface area contributed by atoms with Crippen LogP contribution in [0.2, 0.25) is 0 Å². The van der Waals surface area contributed by atoms with Gasteiger partial charge >= 0.3 is 0 Å². The van der Waals surface area contributed by atoms with Crippen molar-refractivity contribution in [3.63, 3.8) is 0 Å². The number of nitrogens with zero attached hydrogens (tertiary/aromatic N) is 3. The molecule has 0 aliphatic heterocycles. The highest BCUT2D eigenvalue weighted by Crippen LogP contribution is 2.06. The highest BCUT2D eigenvalue weighted by Gasteiger charge is 2.03. The third kappa shape index (κ3) is 1.48. The van der Waals surface area contributed by atoms with Crippen LogP contribution in [0.15, 0.2) is 6.08 Å². The van der Waals surface area contributed by atoms with Crippen LogP contribution >= 0.6 is 0 Å². The molecule has 0 saturated carbocycles. The Kier molecular flexibility index (Phi) is 2.41. The zero-order valence-corrected chi connectivity index (χ0v) is 7.20. The van der Waals surface area contributed by atoms with E-state index in [0.29, 0.717) is 0 Å². The lowest BCUT2D eigenvalue weighted by Gasteiger charge is -1.93. The Labute approximate surface area is 66.7 Å². The lowest BCUT2D eigenvalue weighted by atomic mass is 10.2. The van der Waals surface area contributed by atoms with Crippen LogP contribution in [0.25, 0.3) is 6.08 Å². The summed E-state index contributed by atoms with van der Waals surface area (Å²) in [6, 6.07) is 0. The van der Waals surface area contributed by atoms with Gasteiger partial charge in [-0.2, -0.15) is 0 Å². The number of aryl methyl sites for hydroxylation is 2. The SMILES string of the molecule is C/C=C\c1c(CC)nnn1C. The van der Waals surface area contributed by atoms with Gasteiger partial charge in [0.15, 0.2) is 0 Å². The van der Waals surface area contributed by atoms with E-state index in [2.05, 4.69) is 17.2 Å². The van der Waals surface area contributed by atoms with Gasteiger partial charge in [-0.3, -0.25) is 0 Å². The van der Waals surface area contributed by atoms with Crippen LogP contribution in [-0.2, 0) is 13.5 Å². The average Bonchev–Trinajstić information content (AvgIpc) is 2.34. The third-order valence-electron chi connectivity index (χ3n) is 1.60. The fourth-order valence-electron chi connectivity index (χ4n) is 1.02. The van der Waals surface area contributed by atoms with Gasteiger partial charge in [-0.05, 0) is 19.4 Å². The van der Waals surface area contributed by atoms with Crippen molar-refractivity contribution in [2.24, 2.45) is 7.05 Å². The molecule has 3 heteroatoms. The summed E-state index contributed by atoms with van der Waals surface area (Å²) in [5.41, 5.74) is 2.17. The topological polar surface area (TPSA) is 30.7 Å². The molecule has 0 aliphatic rings. The molecule has 0 fully saturated rings. The van der Waals surface area contributed by atoms with E-state index in [1.807, 2.05) is 26.1 Å². The van der Waals surface area contributed by atoms with E-state index in [0.717, 1.165) is 17.8 Å². The van der Waals surface area contributed by atoms with Crippen molar-refractivity contribution in [3.8, 4) is 0 Å². The molecule has 1 rings (SSSR count). The van der Waals surface area contributed by atoms with Crippen LogP contribution in [0.1, 0.15) is 25.2 Å². The van der Waals surface area contributed by atoms with Crippen LogP contribution in [0.3, 0.4) is 0 Å². The molecule has 0 aliphatic carbocycles. The Balaban J connectivity index is 3.07. The van der Waals surface area contributed by atoms with E-state index in [4.69, 9.17) is 0 Å². The van der Waals surface area contributed by atoms with Crippen molar-refractivity contribution in [2.45, 2.75) is 20.3 Å². The van der Waals surface area contributed by atoms with Crippen molar-refractivity contribution in [1.29, 1.82) is 0 Å². The maximum atomic E-state index is 4.01. The van der Waals surface area contributed by atoms with Crippen LogP contribution in [-0.4, -0.2) is 15.0 Å². The number of rotatable bonds is 2. The lowest BCUT2D eigenvalue weighted by Crippen LogP contribution is -1.93. The molecule has 0 unspecified atom stereocenters. The normalized spacial score (nSPS) is 11.2. The molecule has 0 radical (unpaired) electrons. The first-order chi connectivity index (χ1) is 5.29. The van der Waals surface area contributed by atoms with Gasteiger partial charge in [0.2, 0.25) is 0 Å². The molecule has 0 N–H and O–H groups in total. The number of hydrogen-bond acceptors (Lipinski definition) is 2. The predicted octanol–water partition coefficient (Wildman–Crippen LogP) is 1.41. The minimum atomic E-state index is 0.938. The minimum Gasteiger partial charge on any atom is -0.248 e. The first-order valence-electron chi connectivity index (χ1n) is 3.80. The summed E-state index contributed by atoms with van der Waals surface area (Å²) in [7, 11) is 1.90. The second-order valence-corrected chi connectivity index (χ2v) is 2.40. The Hall–Kier alpha value is -1.12. The highest BCUT2D eigenvalue weighted by atomic mass is 15.4. The molecule has 0 amide bonds. The van der Waals surface area contributed by atoms with Gasteiger partial charge in [-0.15, -0.1) is 5.10 Å². The molecule has 1 aromatic heterocycles. The predicted molar refractivity (Wildman–Crippen MR) is 45.1 cm³/mol. The maximum absolute atomic E-state index is 4.01. The molecular formula is C8H13N3. The number of allylic oxidation sites excluding steroid dienone is 1. The van der Waals surface area contributed by atoms with E-state index in [9.17, 15) is 0 Å². The van der Waals surface area contributed by atoms with Gasteiger partial charge in [-0.1, -0.05) is 18.2 Å². The second kappa shape index (κ2) is 3.32. The number of aromatic nitrogens is 3. The summed E-state index contributed by atoms with van der Waals surface area (Å²) in [6.45, 7) is 4.07. The van der Waals surface area contributed by atoms with Gasteiger partial charge in [0.25, 0.3) is 0 Å². The van der Waals surface area contributed by atoms with Crippen molar-refractivity contribution in [2.75, 3.05) is 0 Å². The number of hydrogen-bond donors (Lipinski definition) is 0. The Morgan fingerprint density at radius 3 is 2.82 bits per heavy atom. The molecule has 60 valence electrons. The standard InChI is InChI=1S/C8H13N3/c1-4-6-8-7(5-2)9-10-11(8)3/h4,6H,5H2,1-3H3/b6-4-. The molecule has 0 atom stereocenters. The largest absolute Gasteiger partial charge is 0.248 e. The smallest absolute Gasteiger partial charge is 0.0897 e. The summed E-state index contributed by atoms with van der Waals surface area (Å²) in [6.07, 6.45) is 4.96. The van der Waals surface area contributed by atoms with Crippen LogP contribution in [0.5, 0.6) is 0 Å². The average molecular weight is 151 g/mol. The summed E-state index contributed by atoms with van der Waals surface area (Å²) in [4.78, 5) is 0. The Morgan fingerprint density at radius 2 is 2.27 bits per heavy atom. The Morgan fingerprint density at radius 1 is 1.55 bits per heavy atom. The zero-order valence-electron chi connectivity index (χ0n) is 7.20. The summed E-state index contributed by atoms with van der Waals surface area (Å²) >= 11 is 0. The summed E-state index contributed by atoms with van der Waals surface area (Å²) < 4.78 is 1.79. The molecule has 11 heavy (non-hydrogen) atoms. The van der Waals surface area contributed by atoms with E-state index in [-0.39, 0.29) is 0 Å². The van der Waals surface area contributed by atoms with E-state index >= 15 is 0 Å². The quantitative estimate of drug-likeness (QED) is 0.639. The minimum absolute atomic E-state index is 0.938. The van der Waals surface area contributed by atoms with Crippen LogP contribution in [0.4, 0.5) is 0 Å². The highest BCUT2D eigenvalue weighted by molar-refractivity contribution is 5.46. The summed E-state index contributed by atoms with van der Waals surface area (Å²) in [5.74, 6) is 0. The van der Waals surface area contributed by atoms with E-state index in [1.165, 1.54) is 0 Å². The van der Waals surface area contributed by atoms with Gasteiger partial charge in [0.05, 0.1) is 11.4 Å². The van der Waals surface area contributed by atoms with Gasteiger partial charge in [0.1, 0.15) is 0 Å². The molecular weight excluding hydrogens is 138 g/mol. The van der Waals surface area contributed by atoms with E-state index in [1.54, 1.807) is 4.68 Å². The van der Waals surface area contributed by atoms with Gasteiger partial charge in [0, 0.05) is 7.05 Å². The fourth-order valence-corrected chi connectivity index (χ4v) is 1.02. The fraction of sp³-hybridized carbons (Fsp3) is 0.500. The molecule has 1 aromatic rings. The van der Waals surface area contributed by atoms with Crippen molar-refractivity contribution >= 4 is 6.08 Å². The molecule has 1 heterocycles. The van der Waals surface area contributed by atoms with Crippen LogP contribution in [0, 0.1) is 0 Å². The van der Waals surface area contributed by atoms with Crippen molar-refractivity contribution in [1.82, 2.24) is 15.0 Å². The molecule has 3 nitrogen and oxygen atoms in total. The van der Waals surface area contributed by atoms with E-state index < -0.39 is 0 Å². The maximum Gasteiger partial charge on any atom is 0.0897 e. The molecule has 0 spiro atoms. The first kappa shape index (κ1) is 7.98. The second-order valence-electron chi connectivity index (χ2n) is 2.40. The monoisotopic (exact) mass is 151 g/mol. The van der Waals surface area contributed by atoms with Crippen molar-refractivity contribution < 1.29 is 0 Å².